The van der Waals surface area contributed by atoms with Crippen molar-refractivity contribution in [1.82, 2.24) is 9.97 Å². The molecule has 4 nitrogen and oxygen atoms in total. The number of hydrogen-bond acceptors (Lipinski definition) is 4. The van der Waals surface area contributed by atoms with Crippen molar-refractivity contribution >= 4 is 11.6 Å². The molecule has 2 heterocycles. The lowest BCUT2D eigenvalue weighted by atomic mass is 10.1. The van der Waals surface area contributed by atoms with E-state index in [0.717, 1.165) is 38.5 Å². The predicted octanol–water partition coefficient (Wildman–Crippen LogP) is 2.98. The van der Waals surface area contributed by atoms with E-state index >= 15 is 0 Å². The molecule has 1 aromatic heterocycles. The number of benzene rings is 1. The highest BCUT2D eigenvalue weighted by molar-refractivity contribution is 5.55. The van der Waals surface area contributed by atoms with Crippen molar-refractivity contribution in [2.75, 3.05) is 36.0 Å². The van der Waals surface area contributed by atoms with E-state index in [4.69, 9.17) is 0 Å². The monoisotopic (exact) mass is 296 g/mol. The highest BCUT2D eigenvalue weighted by Gasteiger charge is 2.20. The minimum atomic E-state index is 0.859. The van der Waals surface area contributed by atoms with Crippen LogP contribution in [0.2, 0.25) is 0 Å². The number of anilines is 2. The molecule has 3 rings (SSSR count). The lowest BCUT2D eigenvalue weighted by molar-refractivity contribution is 0.638. The zero-order valence-corrected chi connectivity index (χ0v) is 13.7. The Labute approximate surface area is 132 Å². The molecule has 1 fully saturated rings. The summed E-state index contributed by atoms with van der Waals surface area (Å²) in [4.78, 5) is 13.7. The van der Waals surface area contributed by atoms with Gasteiger partial charge in [-0.15, -0.1) is 0 Å². The quantitative estimate of drug-likeness (QED) is 0.871. The van der Waals surface area contributed by atoms with Crippen LogP contribution >= 0.6 is 0 Å². The average Bonchev–Trinajstić information content (AvgIpc) is 2.55. The molecule has 0 saturated carbocycles. The van der Waals surface area contributed by atoms with Crippen LogP contribution in [0.25, 0.3) is 0 Å². The minimum Gasteiger partial charge on any atom is -0.368 e. The van der Waals surface area contributed by atoms with Crippen LogP contribution in [-0.2, 0) is 6.42 Å². The van der Waals surface area contributed by atoms with Gasteiger partial charge >= 0.3 is 0 Å². The Kier molecular flexibility index (Phi) is 4.27. The molecule has 0 spiro atoms. The van der Waals surface area contributed by atoms with Crippen LogP contribution in [0.15, 0.2) is 30.6 Å². The van der Waals surface area contributed by atoms with E-state index in [1.807, 2.05) is 12.4 Å². The minimum absolute atomic E-state index is 0.859. The van der Waals surface area contributed by atoms with Gasteiger partial charge in [-0.05, 0) is 37.5 Å². The van der Waals surface area contributed by atoms with Crippen LogP contribution in [0.4, 0.5) is 11.6 Å². The topological polar surface area (TPSA) is 32.3 Å². The third kappa shape index (κ3) is 3.06. The molecular weight excluding hydrogens is 272 g/mol. The molecule has 0 amide bonds. The van der Waals surface area contributed by atoms with E-state index in [-0.39, 0.29) is 0 Å². The highest BCUT2D eigenvalue weighted by Crippen LogP contribution is 2.23. The van der Waals surface area contributed by atoms with Gasteiger partial charge in [-0.1, -0.05) is 24.6 Å². The number of aryl methyl sites for hydroxylation is 3. The average molecular weight is 296 g/mol. The summed E-state index contributed by atoms with van der Waals surface area (Å²) >= 11 is 0. The summed E-state index contributed by atoms with van der Waals surface area (Å²) in [5.74, 6) is 0.859. The summed E-state index contributed by atoms with van der Waals surface area (Å²) in [6, 6.07) is 6.70. The number of aromatic nitrogens is 2. The molecule has 4 heteroatoms. The normalized spacial score (nSPS) is 15.2. The van der Waals surface area contributed by atoms with Crippen molar-refractivity contribution in [2.45, 2.75) is 27.2 Å². The van der Waals surface area contributed by atoms with Crippen molar-refractivity contribution in [3.05, 3.63) is 47.3 Å². The Balaban J connectivity index is 1.66. The van der Waals surface area contributed by atoms with Gasteiger partial charge in [0.25, 0.3) is 0 Å². The van der Waals surface area contributed by atoms with Gasteiger partial charge in [-0.3, -0.25) is 0 Å². The van der Waals surface area contributed by atoms with Gasteiger partial charge in [-0.25, -0.2) is 9.97 Å². The second kappa shape index (κ2) is 6.34. The molecule has 2 aromatic rings. The first-order chi connectivity index (χ1) is 10.7. The Morgan fingerprint density at radius 3 is 2.18 bits per heavy atom. The largest absolute Gasteiger partial charge is 0.368 e. The third-order valence-corrected chi connectivity index (χ3v) is 4.36. The van der Waals surface area contributed by atoms with E-state index in [2.05, 4.69) is 58.7 Å². The summed E-state index contributed by atoms with van der Waals surface area (Å²) in [6.07, 6.45) is 4.87. The first-order valence-electron chi connectivity index (χ1n) is 8.05. The number of hydrogen-bond donors (Lipinski definition) is 0. The Morgan fingerprint density at radius 1 is 0.955 bits per heavy atom. The standard InChI is InChI=1S/C18H24N4/c1-4-16-12-19-18(20-13-16)22-9-7-21(8-10-22)17-6-5-14(2)11-15(17)3/h5-6,11-13H,4,7-10H2,1-3H3. The summed E-state index contributed by atoms with van der Waals surface area (Å²) in [6.45, 7) is 10.4. The molecule has 0 radical (unpaired) electrons. The van der Waals surface area contributed by atoms with Crippen LogP contribution < -0.4 is 9.80 Å². The second-order valence-corrected chi connectivity index (χ2v) is 6.01. The van der Waals surface area contributed by atoms with Gasteiger partial charge in [0, 0.05) is 44.3 Å². The maximum atomic E-state index is 4.50. The summed E-state index contributed by atoms with van der Waals surface area (Å²) in [5, 5.41) is 0. The van der Waals surface area contributed by atoms with Gasteiger partial charge in [0.1, 0.15) is 0 Å². The van der Waals surface area contributed by atoms with Gasteiger partial charge in [0.05, 0.1) is 0 Å². The van der Waals surface area contributed by atoms with Crippen LogP contribution in [0.1, 0.15) is 23.6 Å². The van der Waals surface area contributed by atoms with Crippen LogP contribution in [0.5, 0.6) is 0 Å². The van der Waals surface area contributed by atoms with E-state index in [1.54, 1.807) is 0 Å². The molecule has 1 aliphatic heterocycles. The highest BCUT2D eigenvalue weighted by atomic mass is 15.3. The van der Waals surface area contributed by atoms with E-state index in [1.165, 1.54) is 22.4 Å². The molecule has 1 saturated heterocycles. The molecule has 0 aliphatic carbocycles. The molecular formula is C18H24N4. The van der Waals surface area contributed by atoms with Crippen LogP contribution in [0.3, 0.4) is 0 Å². The lowest BCUT2D eigenvalue weighted by Gasteiger charge is -2.36. The fourth-order valence-electron chi connectivity index (χ4n) is 3.00. The second-order valence-electron chi connectivity index (χ2n) is 6.01. The van der Waals surface area contributed by atoms with E-state index < -0.39 is 0 Å². The molecule has 0 atom stereocenters. The first-order valence-corrected chi connectivity index (χ1v) is 8.05. The Bertz CT molecular complexity index is 628. The zero-order valence-electron chi connectivity index (χ0n) is 13.7. The lowest BCUT2D eigenvalue weighted by Crippen LogP contribution is -2.47. The Hall–Kier alpha value is -2.10. The van der Waals surface area contributed by atoms with Crippen molar-refractivity contribution in [2.24, 2.45) is 0 Å². The number of nitrogens with zero attached hydrogens (tertiary/aromatic N) is 4. The SMILES string of the molecule is CCc1cnc(N2CCN(c3ccc(C)cc3C)CC2)nc1. The molecule has 1 aliphatic rings. The maximum absolute atomic E-state index is 4.50. The summed E-state index contributed by atoms with van der Waals surface area (Å²) in [5.41, 5.74) is 5.23. The zero-order chi connectivity index (χ0) is 15.5. The fourth-order valence-corrected chi connectivity index (χ4v) is 3.00. The van der Waals surface area contributed by atoms with Crippen molar-refractivity contribution in [1.29, 1.82) is 0 Å². The van der Waals surface area contributed by atoms with Crippen molar-refractivity contribution in [3.8, 4) is 0 Å². The number of rotatable bonds is 3. The first kappa shape index (κ1) is 14.8. The molecule has 0 N–H and O–H groups in total. The summed E-state index contributed by atoms with van der Waals surface area (Å²) in [7, 11) is 0. The van der Waals surface area contributed by atoms with Gasteiger partial charge in [0.2, 0.25) is 5.95 Å². The predicted molar refractivity (Wildman–Crippen MR) is 91.8 cm³/mol. The Morgan fingerprint density at radius 2 is 1.59 bits per heavy atom. The summed E-state index contributed by atoms with van der Waals surface area (Å²) < 4.78 is 0. The smallest absolute Gasteiger partial charge is 0.225 e. The van der Waals surface area contributed by atoms with E-state index in [0.29, 0.717) is 0 Å². The van der Waals surface area contributed by atoms with E-state index in [9.17, 15) is 0 Å². The fraction of sp³-hybridized carbons (Fsp3) is 0.444. The maximum Gasteiger partial charge on any atom is 0.225 e. The van der Waals surface area contributed by atoms with Crippen molar-refractivity contribution in [3.63, 3.8) is 0 Å². The van der Waals surface area contributed by atoms with Gasteiger partial charge in [-0.2, -0.15) is 0 Å². The molecule has 116 valence electrons. The van der Waals surface area contributed by atoms with Crippen LogP contribution in [-0.4, -0.2) is 36.1 Å². The van der Waals surface area contributed by atoms with Gasteiger partial charge < -0.3 is 9.80 Å². The molecule has 1 aromatic carbocycles. The molecule has 0 unspecified atom stereocenters. The van der Waals surface area contributed by atoms with Gasteiger partial charge in [0.15, 0.2) is 0 Å². The molecule has 22 heavy (non-hydrogen) atoms. The molecule has 0 bridgehead atoms. The number of piperazine rings is 1. The van der Waals surface area contributed by atoms with Crippen molar-refractivity contribution < 1.29 is 0 Å². The van der Waals surface area contributed by atoms with Crippen LogP contribution in [0, 0.1) is 13.8 Å². The third-order valence-electron chi connectivity index (χ3n) is 4.36.